The molecular formula is C28H30N4O4. The number of hydrogen-bond donors (Lipinski definition) is 1. The summed E-state index contributed by atoms with van der Waals surface area (Å²) in [6.45, 7) is 6.23. The van der Waals surface area contributed by atoms with Gasteiger partial charge in [-0.15, -0.1) is 0 Å². The molecule has 2 aliphatic rings. The molecule has 5 rings (SSSR count). The molecule has 0 bridgehead atoms. The van der Waals surface area contributed by atoms with Crippen LogP contribution in [-0.2, 0) is 14.3 Å². The van der Waals surface area contributed by atoms with Gasteiger partial charge in [-0.3, -0.25) is 14.5 Å². The van der Waals surface area contributed by atoms with Crippen LogP contribution in [0.25, 0.3) is 11.4 Å². The highest BCUT2D eigenvalue weighted by Gasteiger charge is 2.46. The molecule has 0 radical (unpaired) electrons. The van der Waals surface area contributed by atoms with Gasteiger partial charge in [0.25, 0.3) is 11.7 Å². The average Bonchev–Trinajstić information content (AvgIpc) is 3.42. The quantitative estimate of drug-likeness (QED) is 0.313. The van der Waals surface area contributed by atoms with Crippen LogP contribution in [-0.4, -0.2) is 75.8 Å². The first-order valence-corrected chi connectivity index (χ1v) is 12.3. The summed E-state index contributed by atoms with van der Waals surface area (Å²) in [7, 11) is 0. The number of hydrogen-bond acceptors (Lipinski definition) is 6. The van der Waals surface area contributed by atoms with Gasteiger partial charge < -0.3 is 14.7 Å². The summed E-state index contributed by atoms with van der Waals surface area (Å²) in [5.74, 6) is -1.45. The minimum Gasteiger partial charge on any atom is -0.507 e. The fraction of sp³-hybridized carbons (Fsp3) is 0.321. The number of carbonyl (C=O) groups excluding carboxylic acids is 2. The van der Waals surface area contributed by atoms with Gasteiger partial charge in [-0.05, 0) is 31.0 Å². The average molecular weight is 487 g/mol. The zero-order chi connectivity index (χ0) is 25.1. The van der Waals surface area contributed by atoms with Gasteiger partial charge in [0.2, 0.25) is 0 Å². The van der Waals surface area contributed by atoms with Gasteiger partial charge in [-0.25, -0.2) is 4.68 Å². The Kier molecular flexibility index (Phi) is 6.97. The van der Waals surface area contributed by atoms with Crippen molar-refractivity contribution >= 4 is 17.4 Å². The largest absolute Gasteiger partial charge is 0.507 e. The molecule has 1 N–H and O–H groups in total. The van der Waals surface area contributed by atoms with Gasteiger partial charge >= 0.3 is 0 Å². The van der Waals surface area contributed by atoms with Crippen molar-refractivity contribution in [3.63, 3.8) is 0 Å². The molecule has 1 amide bonds. The highest BCUT2D eigenvalue weighted by molar-refractivity contribution is 6.46. The van der Waals surface area contributed by atoms with E-state index in [2.05, 4.69) is 10.00 Å². The Labute approximate surface area is 210 Å². The van der Waals surface area contributed by atoms with Gasteiger partial charge in [-0.1, -0.05) is 48.5 Å². The van der Waals surface area contributed by atoms with E-state index < -0.39 is 17.7 Å². The molecule has 36 heavy (non-hydrogen) atoms. The van der Waals surface area contributed by atoms with E-state index in [0.717, 1.165) is 37.3 Å². The van der Waals surface area contributed by atoms with Crippen molar-refractivity contribution in [2.45, 2.75) is 19.4 Å². The zero-order valence-electron chi connectivity index (χ0n) is 20.3. The number of benzene rings is 2. The second-order valence-corrected chi connectivity index (χ2v) is 9.10. The number of ether oxygens (including phenoxy) is 1. The van der Waals surface area contributed by atoms with E-state index in [9.17, 15) is 14.7 Å². The summed E-state index contributed by atoms with van der Waals surface area (Å²) in [5.41, 5.74) is 2.86. The van der Waals surface area contributed by atoms with Crippen molar-refractivity contribution < 1.29 is 19.4 Å². The monoisotopic (exact) mass is 486 g/mol. The molecule has 0 saturated carbocycles. The Morgan fingerprint density at radius 2 is 1.67 bits per heavy atom. The molecule has 2 aromatic carbocycles. The first-order valence-electron chi connectivity index (χ1n) is 12.3. The first kappa shape index (κ1) is 24.0. The van der Waals surface area contributed by atoms with Crippen LogP contribution in [0.2, 0.25) is 0 Å². The van der Waals surface area contributed by atoms with Crippen LogP contribution >= 0.6 is 0 Å². The maximum atomic E-state index is 13.3. The van der Waals surface area contributed by atoms with E-state index in [0.29, 0.717) is 31.0 Å². The fourth-order valence-corrected chi connectivity index (χ4v) is 5.00. The van der Waals surface area contributed by atoms with Gasteiger partial charge in [0.05, 0.1) is 48.0 Å². The van der Waals surface area contributed by atoms with Crippen LogP contribution in [0.3, 0.4) is 0 Å². The van der Waals surface area contributed by atoms with E-state index in [1.807, 2.05) is 67.6 Å². The van der Waals surface area contributed by atoms with E-state index in [-0.39, 0.29) is 11.3 Å². The minimum absolute atomic E-state index is 0.105. The topological polar surface area (TPSA) is 87.9 Å². The van der Waals surface area contributed by atoms with Crippen LogP contribution in [0.1, 0.15) is 29.3 Å². The molecule has 186 valence electrons. The maximum absolute atomic E-state index is 13.3. The molecule has 8 heteroatoms. The van der Waals surface area contributed by atoms with E-state index in [1.54, 1.807) is 15.8 Å². The number of para-hydroxylation sites is 1. The number of aromatic nitrogens is 2. The lowest BCUT2D eigenvalue weighted by atomic mass is 9.95. The molecule has 0 spiro atoms. The molecule has 3 heterocycles. The maximum Gasteiger partial charge on any atom is 0.295 e. The van der Waals surface area contributed by atoms with Crippen molar-refractivity contribution in [3.8, 4) is 5.69 Å². The van der Waals surface area contributed by atoms with Crippen molar-refractivity contribution in [3.05, 3.63) is 89.3 Å². The Hall–Kier alpha value is -3.75. The van der Waals surface area contributed by atoms with Crippen LogP contribution in [0.15, 0.2) is 72.4 Å². The molecule has 2 aliphatic heterocycles. The van der Waals surface area contributed by atoms with E-state index >= 15 is 0 Å². The van der Waals surface area contributed by atoms with Gasteiger partial charge in [0, 0.05) is 26.2 Å². The van der Waals surface area contributed by atoms with Gasteiger partial charge in [0.15, 0.2) is 0 Å². The summed E-state index contributed by atoms with van der Waals surface area (Å²) in [5, 5.41) is 15.9. The summed E-state index contributed by atoms with van der Waals surface area (Å²) < 4.78 is 7.13. The number of nitrogens with zero attached hydrogens (tertiary/aromatic N) is 4. The number of ketones is 1. The molecule has 1 atom stereocenters. The Bertz CT molecular complexity index is 1260. The number of rotatable bonds is 7. The lowest BCUT2D eigenvalue weighted by Gasteiger charge is -2.29. The third-order valence-corrected chi connectivity index (χ3v) is 6.90. The summed E-state index contributed by atoms with van der Waals surface area (Å²) in [6.07, 6.45) is 2.27. The molecule has 1 aromatic heterocycles. The molecule has 2 saturated heterocycles. The van der Waals surface area contributed by atoms with Crippen molar-refractivity contribution in [2.24, 2.45) is 0 Å². The number of likely N-dealkylation sites (tertiary alicyclic amines) is 1. The Morgan fingerprint density at radius 3 is 2.36 bits per heavy atom. The van der Waals surface area contributed by atoms with Crippen molar-refractivity contribution in [1.82, 2.24) is 19.6 Å². The zero-order valence-corrected chi connectivity index (χ0v) is 20.3. The SMILES string of the molecule is Cc1c(C(O)=C2C(=O)C(=O)N(CCCN3CCOCC3)[C@@H]2c2ccccc2)cnn1-c1ccccc1. The Balaban J connectivity index is 1.49. The number of Topliss-reactive ketones (excluding diaryl/α,β-unsaturated/α-hetero) is 1. The summed E-state index contributed by atoms with van der Waals surface area (Å²) in [4.78, 5) is 30.4. The number of aliphatic hydroxyl groups excluding tert-OH is 1. The van der Waals surface area contributed by atoms with E-state index in [1.165, 1.54) is 0 Å². The lowest BCUT2D eigenvalue weighted by Crippen LogP contribution is -2.38. The highest BCUT2D eigenvalue weighted by Crippen LogP contribution is 2.40. The smallest absolute Gasteiger partial charge is 0.295 e. The lowest BCUT2D eigenvalue weighted by molar-refractivity contribution is -0.140. The van der Waals surface area contributed by atoms with Crippen LogP contribution in [0.5, 0.6) is 0 Å². The number of aliphatic hydroxyl groups is 1. The predicted octanol–water partition coefficient (Wildman–Crippen LogP) is 3.32. The fourth-order valence-electron chi connectivity index (χ4n) is 5.00. The van der Waals surface area contributed by atoms with Gasteiger partial charge in [-0.2, -0.15) is 5.10 Å². The first-order chi connectivity index (χ1) is 17.6. The summed E-state index contributed by atoms with van der Waals surface area (Å²) >= 11 is 0. The minimum atomic E-state index is -0.667. The number of morpholine rings is 1. The molecule has 2 fully saturated rings. The highest BCUT2D eigenvalue weighted by atomic mass is 16.5. The Morgan fingerprint density at radius 1 is 1.00 bits per heavy atom. The van der Waals surface area contributed by atoms with Crippen LogP contribution in [0.4, 0.5) is 0 Å². The van der Waals surface area contributed by atoms with Crippen molar-refractivity contribution in [1.29, 1.82) is 0 Å². The molecule has 0 unspecified atom stereocenters. The van der Waals surface area contributed by atoms with Crippen LogP contribution in [0, 0.1) is 6.92 Å². The van der Waals surface area contributed by atoms with Crippen LogP contribution < -0.4 is 0 Å². The predicted molar refractivity (Wildman–Crippen MR) is 136 cm³/mol. The second kappa shape index (κ2) is 10.5. The van der Waals surface area contributed by atoms with Gasteiger partial charge in [0.1, 0.15) is 5.76 Å². The van der Waals surface area contributed by atoms with E-state index in [4.69, 9.17) is 4.74 Å². The standard InChI is InChI=1S/C28H30N4O4/c1-20-23(19-29-32(20)22-11-6-3-7-12-22)26(33)24-25(21-9-4-2-5-10-21)31(28(35)27(24)34)14-8-13-30-15-17-36-18-16-30/h2-7,9-12,19,25,33H,8,13-18H2,1H3/t25-/m1/s1. The molecule has 3 aromatic rings. The molecule has 8 nitrogen and oxygen atoms in total. The second-order valence-electron chi connectivity index (χ2n) is 9.10. The summed E-state index contributed by atoms with van der Waals surface area (Å²) in [6, 6.07) is 18.3. The third kappa shape index (κ3) is 4.57. The number of amides is 1. The molecule has 0 aliphatic carbocycles. The number of carbonyl (C=O) groups is 2. The normalized spacial score (nSPS) is 20.2. The van der Waals surface area contributed by atoms with Crippen molar-refractivity contribution in [2.75, 3.05) is 39.4 Å². The molecular weight excluding hydrogens is 456 g/mol. The third-order valence-electron chi connectivity index (χ3n) is 6.90.